The van der Waals surface area contributed by atoms with E-state index in [4.69, 9.17) is 5.73 Å². The van der Waals surface area contributed by atoms with Crippen LogP contribution in [0.1, 0.15) is 65.7 Å². The Morgan fingerprint density at radius 2 is 1.76 bits per heavy atom. The summed E-state index contributed by atoms with van der Waals surface area (Å²) < 4.78 is 0. The molecule has 0 radical (unpaired) electrons. The van der Waals surface area contributed by atoms with Crippen LogP contribution in [0.25, 0.3) is 0 Å². The van der Waals surface area contributed by atoms with E-state index in [0.29, 0.717) is 5.54 Å². The SMILES string of the molecule is CCCCN(CCC)C1(CN)CCC(C)CC1. The van der Waals surface area contributed by atoms with Gasteiger partial charge in [-0.05, 0) is 57.5 Å². The maximum atomic E-state index is 6.14. The summed E-state index contributed by atoms with van der Waals surface area (Å²) in [6, 6.07) is 0. The van der Waals surface area contributed by atoms with Crippen LogP contribution >= 0.6 is 0 Å². The van der Waals surface area contributed by atoms with E-state index >= 15 is 0 Å². The molecule has 0 aromatic carbocycles. The lowest BCUT2D eigenvalue weighted by Gasteiger charge is -2.47. The topological polar surface area (TPSA) is 29.3 Å². The predicted molar refractivity (Wildman–Crippen MR) is 76.2 cm³/mol. The van der Waals surface area contributed by atoms with Crippen LogP contribution in [0.4, 0.5) is 0 Å². The van der Waals surface area contributed by atoms with Crippen LogP contribution in [0.5, 0.6) is 0 Å². The number of hydrogen-bond donors (Lipinski definition) is 1. The molecule has 0 aliphatic heterocycles. The summed E-state index contributed by atoms with van der Waals surface area (Å²) in [6.45, 7) is 10.3. The quantitative estimate of drug-likeness (QED) is 0.739. The van der Waals surface area contributed by atoms with Gasteiger partial charge in [0.15, 0.2) is 0 Å². The lowest BCUT2D eigenvalue weighted by Crippen LogP contribution is -2.56. The first-order chi connectivity index (χ1) is 8.18. The molecule has 0 spiro atoms. The third-order valence-corrected chi connectivity index (χ3v) is 4.53. The molecular formula is C15H32N2. The molecule has 102 valence electrons. The van der Waals surface area contributed by atoms with Crippen LogP contribution in [-0.4, -0.2) is 30.1 Å². The molecule has 0 aromatic rings. The fourth-order valence-corrected chi connectivity index (χ4v) is 3.15. The van der Waals surface area contributed by atoms with Crippen molar-refractivity contribution >= 4 is 0 Å². The standard InChI is InChI=1S/C15H32N2/c1-4-6-12-17(11-5-2)15(13-16)9-7-14(3)8-10-15/h14H,4-13,16H2,1-3H3. The first-order valence-corrected chi connectivity index (χ1v) is 7.63. The molecule has 0 atom stereocenters. The maximum absolute atomic E-state index is 6.14. The molecule has 1 rings (SSSR count). The number of nitrogens with zero attached hydrogens (tertiary/aromatic N) is 1. The van der Waals surface area contributed by atoms with E-state index in [9.17, 15) is 0 Å². The van der Waals surface area contributed by atoms with Gasteiger partial charge in [0.05, 0.1) is 0 Å². The van der Waals surface area contributed by atoms with Crippen molar-refractivity contribution in [1.82, 2.24) is 4.90 Å². The van der Waals surface area contributed by atoms with E-state index in [1.165, 1.54) is 58.0 Å². The van der Waals surface area contributed by atoms with Crippen LogP contribution in [0.3, 0.4) is 0 Å². The second-order valence-electron chi connectivity index (χ2n) is 5.95. The third-order valence-electron chi connectivity index (χ3n) is 4.53. The van der Waals surface area contributed by atoms with Crippen LogP contribution in [-0.2, 0) is 0 Å². The molecule has 17 heavy (non-hydrogen) atoms. The largest absolute Gasteiger partial charge is 0.329 e. The van der Waals surface area contributed by atoms with Gasteiger partial charge in [-0.2, -0.15) is 0 Å². The van der Waals surface area contributed by atoms with Gasteiger partial charge in [0, 0.05) is 12.1 Å². The highest BCUT2D eigenvalue weighted by molar-refractivity contribution is 4.95. The zero-order valence-corrected chi connectivity index (χ0v) is 12.2. The Hall–Kier alpha value is -0.0800. The van der Waals surface area contributed by atoms with Gasteiger partial charge in [-0.1, -0.05) is 27.2 Å². The number of rotatable bonds is 7. The van der Waals surface area contributed by atoms with Gasteiger partial charge in [-0.25, -0.2) is 0 Å². The average Bonchev–Trinajstić information content (AvgIpc) is 2.36. The third kappa shape index (κ3) is 3.96. The number of unbranched alkanes of at least 4 members (excludes halogenated alkanes) is 1. The van der Waals surface area contributed by atoms with E-state index in [2.05, 4.69) is 25.7 Å². The summed E-state index contributed by atoms with van der Waals surface area (Å²) in [5, 5.41) is 0. The Morgan fingerprint density at radius 3 is 2.24 bits per heavy atom. The monoisotopic (exact) mass is 240 g/mol. The summed E-state index contributed by atoms with van der Waals surface area (Å²) in [5.41, 5.74) is 6.48. The molecular weight excluding hydrogens is 208 g/mol. The van der Waals surface area contributed by atoms with E-state index in [1.54, 1.807) is 0 Å². The van der Waals surface area contributed by atoms with Crippen molar-refractivity contribution < 1.29 is 0 Å². The Balaban J connectivity index is 2.65. The van der Waals surface area contributed by atoms with Gasteiger partial charge in [0.25, 0.3) is 0 Å². The fraction of sp³-hybridized carbons (Fsp3) is 1.00. The van der Waals surface area contributed by atoms with Crippen molar-refractivity contribution in [2.45, 2.75) is 71.3 Å². The first-order valence-electron chi connectivity index (χ1n) is 7.63. The van der Waals surface area contributed by atoms with E-state index in [1.807, 2.05) is 0 Å². The number of hydrogen-bond acceptors (Lipinski definition) is 2. The lowest BCUT2D eigenvalue weighted by molar-refractivity contribution is 0.0433. The molecule has 0 aromatic heterocycles. The van der Waals surface area contributed by atoms with Gasteiger partial charge < -0.3 is 5.73 Å². The molecule has 2 nitrogen and oxygen atoms in total. The van der Waals surface area contributed by atoms with Gasteiger partial charge in [0.2, 0.25) is 0 Å². The van der Waals surface area contributed by atoms with Crippen molar-refractivity contribution in [2.24, 2.45) is 11.7 Å². The second kappa shape index (κ2) is 7.38. The summed E-state index contributed by atoms with van der Waals surface area (Å²) in [7, 11) is 0. The van der Waals surface area contributed by atoms with Crippen molar-refractivity contribution in [3.63, 3.8) is 0 Å². The lowest BCUT2D eigenvalue weighted by atomic mass is 9.75. The number of nitrogens with two attached hydrogens (primary N) is 1. The summed E-state index contributed by atoms with van der Waals surface area (Å²) in [5.74, 6) is 0.907. The molecule has 0 heterocycles. The predicted octanol–water partition coefficient (Wildman–Crippen LogP) is 3.41. The molecule has 1 aliphatic carbocycles. The van der Waals surface area contributed by atoms with Gasteiger partial charge in [0.1, 0.15) is 0 Å². The Bertz CT molecular complexity index is 195. The van der Waals surface area contributed by atoms with Crippen molar-refractivity contribution in [1.29, 1.82) is 0 Å². The van der Waals surface area contributed by atoms with Crippen molar-refractivity contribution in [3.05, 3.63) is 0 Å². The minimum Gasteiger partial charge on any atom is -0.329 e. The smallest absolute Gasteiger partial charge is 0.0331 e. The zero-order valence-electron chi connectivity index (χ0n) is 12.2. The van der Waals surface area contributed by atoms with Crippen LogP contribution in [0.15, 0.2) is 0 Å². The van der Waals surface area contributed by atoms with Crippen molar-refractivity contribution in [2.75, 3.05) is 19.6 Å². The fourth-order valence-electron chi connectivity index (χ4n) is 3.15. The van der Waals surface area contributed by atoms with E-state index < -0.39 is 0 Å². The highest BCUT2D eigenvalue weighted by Gasteiger charge is 2.37. The molecule has 0 unspecified atom stereocenters. The second-order valence-corrected chi connectivity index (χ2v) is 5.95. The van der Waals surface area contributed by atoms with Gasteiger partial charge in [-0.3, -0.25) is 4.90 Å². The molecule has 0 saturated heterocycles. The normalized spacial score (nSPS) is 29.8. The molecule has 2 heteroatoms. The summed E-state index contributed by atoms with van der Waals surface area (Å²) >= 11 is 0. The van der Waals surface area contributed by atoms with E-state index in [-0.39, 0.29) is 0 Å². The molecule has 1 fully saturated rings. The molecule has 2 N–H and O–H groups in total. The Labute approximate surface area is 108 Å². The minimum absolute atomic E-state index is 0.331. The van der Waals surface area contributed by atoms with Crippen molar-refractivity contribution in [3.8, 4) is 0 Å². The van der Waals surface area contributed by atoms with Crippen LogP contribution in [0, 0.1) is 5.92 Å². The summed E-state index contributed by atoms with van der Waals surface area (Å²) in [6.07, 6.45) is 9.21. The molecule has 1 aliphatic rings. The highest BCUT2D eigenvalue weighted by atomic mass is 15.2. The van der Waals surface area contributed by atoms with Crippen LogP contribution in [0.2, 0.25) is 0 Å². The van der Waals surface area contributed by atoms with E-state index in [0.717, 1.165) is 12.5 Å². The molecule has 0 bridgehead atoms. The van der Waals surface area contributed by atoms with Crippen LogP contribution < -0.4 is 5.73 Å². The zero-order chi connectivity index (χ0) is 12.7. The minimum atomic E-state index is 0.331. The van der Waals surface area contributed by atoms with Gasteiger partial charge >= 0.3 is 0 Å². The molecule has 0 amide bonds. The maximum Gasteiger partial charge on any atom is 0.0331 e. The molecule has 1 saturated carbocycles. The summed E-state index contributed by atoms with van der Waals surface area (Å²) in [4.78, 5) is 2.71. The Morgan fingerprint density at radius 1 is 1.12 bits per heavy atom. The first kappa shape index (κ1) is 15.0. The average molecular weight is 240 g/mol. The highest BCUT2D eigenvalue weighted by Crippen LogP contribution is 2.36. The van der Waals surface area contributed by atoms with Gasteiger partial charge in [-0.15, -0.1) is 0 Å². The Kier molecular flexibility index (Phi) is 6.50.